The summed E-state index contributed by atoms with van der Waals surface area (Å²) in [6, 6.07) is 5.03. The van der Waals surface area contributed by atoms with Crippen molar-refractivity contribution < 1.29 is 14.3 Å². The maximum absolute atomic E-state index is 11.8. The number of rotatable bonds is 3. The summed E-state index contributed by atoms with van der Waals surface area (Å²) in [6.07, 6.45) is 1.31. The third-order valence-electron chi connectivity index (χ3n) is 2.67. The van der Waals surface area contributed by atoms with Gasteiger partial charge in [0, 0.05) is 12.0 Å². The fraction of sp³-hybridized carbons (Fsp3) is 0.385. The van der Waals surface area contributed by atoms with Crippen LogP contribution in [0.5, 0.6) is 5.75 Å². The van der Waals surface area contributed by atoms with Gasteiger partial charge in [-0.15, -0.1) is 0 Å². The van der Waals surface area contributed by atoms with E-state index in [4.69, 9.17) is 4.74 Å². The molecular formula is C13H15NO3. The second-order valence-electron chi connectivity index (χ2n) is 3.99. The number of hydrogen-bond acceptors (Lipinski definition) is 3. The molecule has 0 aromatic heterocycles. The molecule has 1 heterocycles. The number of hydrogen-bond donors (Lipinski definition) is 1. The van der Waals surface area contributed by atoms with Crippen LogP contribution in [0.2, 0.25) is 0 Å². The zero-order chi connectivity index (χ0) is 12.3. The first-order valence-corrected chi connectivity index (χ1v) is 5.80. The van der Waals surface area contributed by atoms with Crippen LogP contribution in [0.4, 0.5) is 0 Å². The zero-order valence-electron chi connectivity index (χ0n) is 9.79. The molecule has 0 bridgehead atoms. The molecule has 0 fully saturated rings. The lowest BCUT2D eigenvalue weighted by atomic mass is 10.0. The van der Waals surface area contributed by atoms with Gasteiger partial charge in [-0.25, -0.2) is 0 Å². The monoisotopic (exact) mass is 233 g/mol. The van der Waals surface area contributed by atoms with Gasteiger partial charge in [-0.1, -0.05) is 6.92 Å². The average Bonchev–Trinajstić information content (AvgIpc) is 2.51. The Bertz CT molecular complexity index is 454. The van der Waals surface area contributed by atoms with E-state index in [1.165, 1.54) is 0 Å². The molecule has 17 heavy (non-hydrogen) atoms. The number of benzene rings is 1. The van der Waals surface area contributed by atoms with Gasteiger partial charge in [0.05, 0.1) is 12.1 Å². The summed E-state index contributed by atoms with van der Waals surface area (Å²) in [4.78, 5) is 23.5. The topological polar surface area (TPSA) is 55.4 Å². The lowest BCUT2D eigenvalue weighted by Crippen LogP contribution is -2.24. The molecule has 1 aliphatic rings. The minimum atomic E-state index is -0.177. The molecule has 0 spiro atoms. The Morgan fingerprint density at radius 2 is 2.29 bits per heavy atom. The molecule has 1 aliphatic heterocycles. The van der Waals surface area contributed by atoms with E-state index in [1.54, 1.807) is 18.2 Å². The van der Waals surface area contributed by atoms with Crippen LogP contribution in [0.1, 0.15) is 40.5 Å². The quantitative estimate of drug-likeness (QED) is 0.810. The number of amides is 1. The van der Waals surface area contributed by atoms with Crippen LogP contribution in [0.25, 0.3) is 0 Å². The maximum Gasteiger partial charge on any atom is 0.255 e. The number of ether oxygens (including phenoxy) is 1. The molecule has 0 saturated heterocycles. The van der Waals surface area contributed by atoms with Crippen LogP contribution in [0, 0.1) is 0 Å². The number of carbonyl (C=O) groups is 2. The van der Waals surface area contributed by atoms with Gasteiger partial charge in [-0.2, -0.15) is 0 Å². The summed E-state index contributed by atoms with van der Waals surface area (Å²) in [5, 5.41) is 2.72. The molecule has 2 rings (SSSR count). The van der Waals surface area contributed by atoms with Gasteiger partial charge in [0.25, 0.3) is 5.91 Å². The highest BCUT2D eigenvalue weighted by molar-refractivity contribution is 6.02. The Morgan fingerprint density at radius 3 is 3.06 bits per heavy atom. The Morgan fingerprint density at radius 1 is 1.47 bits per heavy atom. The van der Waals surface area contributed by atoms with Crippen LogP contribution in [0.3, 0.4) is 0 Å². The highest BCUT2D eigenvalue weighted by Gasteiger charge is 2.18. The molecule has 1 aromatic rings. The fourth-order valence-corrected chi connectivity index (χ4v) is 1.80. The van der Waals surface area contributed by atoms with Gasteiger partial charge in [0.1, 0.15) is 12.4 Å². The first-order valence-electron chi connectivity index (χ1n) is 5.80. The van der Waals surface area contributed by atoms with Crippen molar-refractivity contribution in [3.05, 3.63) is 29.3 Å². The predicted molar refractivity (Wildman–Crippen MR) is 63.5 cm³/mol. The van der Waals surface area contributed by atoms with Crippen LogP contribution in [-0.4, -0.2) is 24.8 Å². The van der Waals surface area contributed by atoms with Gasteiger partial charge >= 0.3 is 0 Å². The van der Waals surface area contributed by atoms with E-state index in [0.29, 0.717) is 36.4 Å². The third kappa shape index (κ3) is 2.46. The standard InChI is InChI=1S/C13H15NO3/c1-2-3-11(15)9-4-5-12-10(8-9)13(16)14-6-7-17-12/h4-5,8H,2-3,6-7H2,1H3,(H,14,16). The highest BCUT2D eigenvalue weighted by Crippen LogP contribution is 2.22. The highest BCUT2D eigenvalue weighted by atomic mass is 16.5. The van der Waals surface area contributed by atoms with Crippen LogP contribution < -0.4 is 10.1 Å². The molecule has 0 saturated carbocycles. The summed E-state index contributed by atoms with van der Waals surface area (Å²) < 4.78 is 5.42. The van der Waals surface area contributed by atoms with Crippen LogP contribution >= 0.6 is 0 Å². The number of ketones is 1. The van der Waals surface area contributed by atoms with Crippen molar-refractivity contribution in [2.45, 2.75) is 19.8 Å². The smallest absolute Gasteiger partial charge is 0.255 e. The maximum atomic E-state index is 11.8. The van der Waals surface area contributed by atoms with E-state index < -0.39 is 0 Å². The van der Waals surface area contributed by atoms with Gasteiger partial charge < -0.3 is 10.1 Å². The molecule has 0 unspecified atom stereocenters. The number of fused-ring (bicyclic) bond motifs is 1. The number of nitrogens with one attached hydrogen (secondary N) is 1. The van der Waals surface area contributed by atoms with E-state index in [0.717, 1.165) is 6.42 Å². The Balaban J connectivity index is 2.34. The molecule has 0 aliphatic carbocycles. The Labute approximate surface area is 100.0 Å². The van der Waals surface area contributed by atoms with E-state index in [1.807, 2.05) is 6.92 Å². The number of carbonyl (C=O) groups excluding carboxylic acids is 2. The first kappa shape index (κ1) is 11.6. The van der Waals surface area contributed by atoms with Crippen LogP contribution in [0.15, 0.2) is 18.2 Å². The first-order chi connectivity index (χ1) is 8.22. The van der Waals surface area contributed by atoms with Crippen molar-refractivity contribution in [3.63, 3.8) is 0 Å². The molecule has 4 heteroatoms. The summed E-state index contributed by atoms with van der Waals surface area (Å²) in [5.74, 6) is 0.434. The van der Waals surface area contributed by atoms with Crippen molar-refractivity contribution in [1.82, 2.24) is 5.32 Å². The number of Topliss-reactive ketones (excluding diaryl/α,β-unsaturated/α-hetero) is 1. The minimum absolute atomic E-state index is 0.0624. The summed E-state index contributed by atoms with van der Waals surface area (Å²) >= 11 is 0. The van der Waals surface area contributed by atoms with Crippen molar-refractivity contribution in [2.75, 3.05) is 13.2 Å². The lowest BCUT2D eigenvalue weighted by Gasteiger charge is -2.07. The molecule has 90 valence electrons. The molecule has 0 radical (unpaired) electrons. The minimum Gasteiger partial charge on any atom is -0.491 e. The van der Waals surface area contributed by atoms with E-state index in [2.05, 4.69) is 5.32 Å². The zero-order valence-corrected chi connectivity index (χ0v) is 9.79. The molecule has 4 nitrogen and oxygen atoms in total. The second-order valence-corrected chi connectivity index (χ2v) is 3.99. The van der Waals surface area contributed by atoms with Crippen LogP contribution in [-0.2, 0) is 0 Å². The van der Waals surface area contributed by atoms with Gasteiger partial charge in [0.2, 0.25) is 0 Å². The molecular weight excluding hydrogens is 218 g/mol. The molecule has 1 amide bonds. The predicted octanol–water partition coefficient (Wildman–Crippen LogP) is 1.79. The lowest BCUT2D eigenvalue weighted by molar-refractivity contribution is 0.0957. The Kier molecular flexibility index (Phi) is 3.42. The summed E-state index contributed by atoms with van der Waals surface area (Å²) in [7, 11) is 0. The largest absolute Gasteiger partial charge is 0.491 e. The van der Waals surface area contributed by atoms with Gasteiger partial charge in [-0.3, -0.25) is 9.59 Å². The summed E-state index contributed by atoms with van der Waals surface area (Å²) in [5.41, 5.74) is 1.02. The van der Waals surface area contributed by atoms with Gasteiger partial charge in [-0.05, 0) is 24.6 Å². The van der Waals surface area contributed by atoms with E-state index >= 15 is 0 Å². The average molecular weight is 233 g/mol. The summed E-state index contributed by atoms with van der Waals surface area (Å²) in [6.45, 7) is 2.91. The van der Waals surface area contributed by atoms with Gasteiger partial charge in [0.15, 0.2) is 5.78 Å². The third-order valence-corrected chi connectivity index (χ3v) is 2.67. The van der Waals surface area contributed by atoms with Crippen molar-refractivity contribution >= 4 is 11.7 Å². The SMILES string of the molecule is CCCC(=O)c1ccc2c(c1)C(=O)NCCO2. The van der Waals surface area contributed by atoms with E-state index in [9.17, 15) is 9.59 Å². The van der Waals surface area contributed by atoms with E-state index in [-0.39, 0.29) is 11.7 Å². The fourth-order valence-electron chi connectivity index (χ4n) is 1.80. The van der Waals surface area contributed by atoms with Crippen molar-refractivity contribution in [2.24, 2.45) is 0 Å². The molecule has 1 aromatic carbocycles. The molecule has 0 atom stereocenters. The second kappa shape index (κ2) is 4.99. The van der Waals surface area contributed by atoms with Crippen molar-refractivity contribution in [3.8, 4) is 5.75 Å². The normalized spacial score (nSPS) is 14.3. The molecule has 1 N–H and O–H groups in total. The Hall–Kier alpha value is -1.84. The van der Waals surface area contributed by atoms with Crippen molar-refractivity contribution in [1.29, 1.82) is 0 Å².